The number of para-hydroxylation sites is 5. The van der Waals surface area contributed by atoms with Crippen molar-refractivity contribution in [3.63, 3.8) is 0 Å². The topological polar surface area (TPSA) is 32.9 Å². The molecule has 4 aliphatic heterocycles. The van der Waals surface area contributed by atoms with Crippen molar-refractivity contribution >= 4 is 101 Å². The highest BCUT2D eigenvalue weighted by molar-refractivity contribution is 6.90. The summed E-state index contributed by atoms with van der Waals surface area (Å²) in [7, 11) is 0. The van der Waals surface area contributed by atoms with Crippen molar-refractivity contribution in [1.82, 2.24) is 18.1 Å². The Morgan fingerprint density at radius 1 is 0.333 bits per heavy atom. The number of aryl methyl sites for hydroxylation is 2. The second kappa shape index (κ2) is 19.0. The zero-order valence-corrected chi connectivity index (χ0v) is 59.8. The fourth-order valence-corrected chi connectivity index (χ4v) is 22.8. The molecule has 13 aromatic carbocycles. The van der Waals surface area contributed by atoms with Gasteiger partial charge in [-0.15, -0.1) is 0 Å². The fourth-order valence-electron chi connectivity index (χ4n) is 22.8. The second-order valence-electron chi connectivity index (χ2n) is 33.0. The molecule has 25 rings (SSSR count). The summed E-state index contributed by atoms with van der Waals surface area (Å²) < 4.78 is 18.0. The number of aromatic nitrogens is 4. The normalized spacial score (nSPS) is 15.3. The summed E-state index contributed by atoms with van der Waals surface area (Å²) >= 11 is 0. The SMILES string of the molecule is Cc1cc(-c2ccc3c(c2)C(C)(C)c2c-3n3c4c(cccc24)-c2cc(C(c4ccccc4)c4ccccc4)cc4c2B3c2cccc3c5oc6ccccc6c5n-4c23)cc(C)c1-c1cc2c3c(c1)-n1c4c(c5cccc(c51)B3n1c3c(c5cccc-2c51)C(C)(C)c1ccccc1-3)-c1ccccc1C4(C)C. The Morgan fingerprint density at radius 2 is 0.848 bits per heavy atom. The monoisotopic (exact) mass is 1340 g/mol. The van der Waals surface area contributed by atoms with Crippen molar-refractivity contribution in [2.45, 2.75) is 77.6 Å². The van der Waals surface area contributed by atoms with Crippen molar-refractivity contribution in [3.05, 3.63) is 322 Å². The maximum absolute atomic E-state index is 7.02. The standard InChI is InChI=1S/C98H68B2N4O/c1-52-45-57(46-53(2)80(52)58-47-70-60-32-21-35-67-83-91(63-30-16-19-39-73(63)96(83,3)4)103(87(60)67)99-75-40-23-34-66-82-62-29-15-18-38-72(62)98(7,8)95(82)102(89(66)75)78(50-58)86(70)99)56-43-44-64-74(49-56)97(5,6)84-68-36-22-33-61-71-48-59(81(54-25-11-9-12-26-54)55-27-13-10-14-28-55)51-77-85(71)100(104(88(61)68)92(64)84)76-41-24-37-69-90(76)101(77)93-65-31-17-20-42-79(65)105-94(69)93/h9-51,81H,1-8H3. The van der Waals surface area contributed by atoms with Crippen molar-refractivity contribution < 1.29 is 4.42 Å². The van der Waals surface area contributed by atoms with Crippen molar-refractivity contribution in [3.8, 4) is 89.5 Å². The smallest absolute Gasteiger partial charge is 0.333 e. The van der Waals surface area contributed by atoms with E-state index in [0.29, 0.717) is 0 Å². The predicted octanol–water partition coefficient (Wildman–Crippen LogP) is 21.3. The Morgan fingerprint density at radius 3 is 1.51 bits per heavy atom. The molecular weight excluding hydrogens is 1270 g/mol. The molecule has 18 aromatic rings. The Kier molecular flexibility index (Phi) is 10.4. The quantitative estimate of drug-likeness (QED) is 0.125. The summed E-state index contributed by atoms with van der Waals surface area (Å²) in [5, 5.41) is 6.31. The Bertz CT molecular complexity index is 7100. The van der Waals surface area contributed by atoms with E-state index in [1.165, 1.54) is 211 Å². The third kappa shape index (κ3) is 6.67. The van der Waals surface area contributed by atoms with Gasteiger partial charge >= 0.3 is 13.7 Å². The van der Waals surface area contributed by atoms with Crippen molar-refractivity contribution in [2.24, 2.45) is 0 Å². The van der Waals surface area contributed by atoms with Gasteiger partial charge in [-0.05, 0) is 173 Å². The highest BCUT2D eigenvalue weighted by Crippen LogP contribution is 2.61. The minimum absolute atomic E-state index is 0.00519. The maximum atomic E-state index is 7.02. The van der Waals surface area contributed by atoms with E-state index in [0.717, 1.165) is 27.5 Å². The fraction of sp³-hybridized carbons (Fsp3) is 0.122. The zero-order chi connectivity index (χ0) is 69.5. The molecule has 0 saturated carbocycles. The van der Waals surface area contributed by atoms with Gasteiger partial charge in [0.15, 0.2) is 5.58 Å². The highest BCUT2D eigenvalue weighted by atomic mass is 16.3. The molecule has 0 amide bonds. The van der Waals surface area contributed by atoms with Gasteiger partial charge in [0, 0.05) is 116 Å². The molecule has 0 N–H and O–H groups in total. The first kappa shape index (κ1) is 57.5. The second-order valence-corrected chi connectivity index (χ2v) is 33.0. The van der Waals surface area contributed by atoms with Gasteiger partial charge in [-0.25, -0.2) is 0 Å². The van der Waals surface area contributed by atoms with E-state index in [1.54, 1.807) is 0 Å². The number of hydrogen-bond donors (Lipinski definition) is 0. The van der Waals surface area contributed by atoms with Gasteiger partial charge in [-0.2, -0.15) is 0 Å². The third-order valence-electron chi connectivity index (χ3n) is 26.7. The Balaban J connectivity index is 0.683. The first-order valence-corrected chi connectivity index (χ1v) is 37.7. The molecule has 0 fully saturated rings. The lowest BCUT2D eigenvalue weighted by atomic mass is 9.45. The van der Waals surface area contributed by atoms with Crippen LogP contribution in [-0.4, -0.2) is 31.8 Å². The number of benzene rings is 13. The maximum Gasteiger partial charge on any atom is 0.333 e. The minimum atomic E-state index is -0.342. The summed E-state index contributed by atoms with van der Waals surface area (Å²) in [6.07, 6.45) is 0. The number of furan rings is 1. The third-order valence-corrected chi connectivity index (χ3v) is 26.7. The van der Waals surface area contributed by atoms with Crippen LogP contribution in [0.3, 0.4) is 0 Å². The van der Waals surface area contributed by atoms with Crippen LogP contribution in [0.25, 0.3) is 155 Å². The van der Waals surface area contributed by atoms with Gasteiger partial charge < -0.3 is 22.5 Å². The lowest BCUT2D eigenvalue weighted by Gasteiger charge is -2.37. The summed E-state index contributed by atoms with van der Waals surface area (Å²) in [4.78, 5) is 0. The van der Waals surface area contributed by atoms with E-state index in [2.05, 4.69) is 334 Å². The molecule has 5 nitrogen and oxygen atoms in total. The van der Waals surface area contributed by atoms with E-state index in [9.17, 15) is 0 Å². The largest absolute Gasteiger partial charge is 0.454 e. The van der Waals surface area contributed by atoms with E-state index in [4.69, 9.17) is 4.42 Å². The lowest BCUT2D eigenvalue weighted by molar-refractivity contribution is 0.624. The van der Waals surface area contributed by atoms with Gasteiger partial charge in [-0.3, -0.25) is 0 Å². The van der Waals surface area contributed by atoms with Crippen LogP contribution < -0.4 is 21.9 Å². The molecule has 0 atom stereocenters. The average molecular weight is 1340 g/mol. The van der Waals surface area contributed by atoms with Crippen LogP contribution in [-0.2, 0) is 16.2 Å². The van der Waals surface area contributed by atoms with Gasteiger partial charge in [0.25, 0.3) is 0 Å². The number of nitrogens with zero attached hydrogens (tertiary/aromatic N) is 4. The summed E-state index contributed by atoms with van der Waals surface area (Å²) in [6, 6.07) is 101. The molecule has 0 radical (unpaired) electrons. The van der Waals surface area contributed by atoms with Crippen LogP contribution in [0.15, 0.2) is 265 Å². The molecule has 3 aliphatic carbocycles. The Hall–Kier alpha value is -12.1. The predicted molar refractivity (Wildman–Crippen MR) is 437 cm³/mol. The van der Waals surface area contributed by atoms with E-state index in [-0.39, 0.29) is 35.9 Å². The van der Waals surface area contributed by atoms with Gasteiger partial charge in [0.2, 0.25) is 0 Å². The van der Waals surface area contributed by atoms with Gasteiger partial charge in [0.05, 0.1) is 11.0 Å². The molecule has 0 spiro atoms. The highest BCUT2D eigenvalue weighted by Gasteiger charge is 2.52. The number of rotatable bonds is 5. The minimum Gasteiger partial charge on any atom is -0.454 e. The first-order valence-electron chi connectivity index (χ1n) is 37.7. The molecule has 0 saturated heterocycles. The number of hydrogen-bond acceptors (Lipinski definition) is 1. The lowest BCUT2D eigenvalue weighted by Crippen LogP contribution is -2.55. The van der Waals surface area contributed by atoms with E-state index < -0.39 is 0 Å². The van der Waals surface area contributed by atoms with Crippen molar-refractivity contribution in [2.75, 3.05) is 0 Å². The zero-order valence-electron chi connectivity index (χ0n) is 59.8. The summed E-state index contributed by atoms with van der Waals surface area (Å²) in [6.45, 7) is 19.4. The molecular formula is C98H68B2N4O. The molecule has 0 unspecified atom stereocenters. The van der Waals surface area contributed by atoms with E-state index >= 15 is 0 Å². The summed E-state index contributed by atoms with van der Waals surface area (Å²) in [5.41, 5.74) is 48.6. The Labute approximate surface area is 609 Å². The van der Waals surface area contributed by atoms with Crippen LogP contribution in [0.1, 0.15) is 109 Å². The van der Waals surface area contributed by atoms with Crippen LogP contribution in [0, 0.1) is 13.8 Å². The molecule has 7 heteroatoms. The molecule has 5 aromatic heterocycles. The van der Waals surface area contributed by atoms with Crippen LogP contribution >= 0.6 is 0 Å². The first-order chi connectivity index (χ1) is 51.3. The molecule has 492 valence electrons. The van der Waals surface area contributed by atoms with Crippen LogP contribution in [0.2, 0.25) is 0 Å². The molecule has 7 aliphatic rings. The van der Waals surface area contributed by atoms with E-state index in [1.807, 2.05) is 0 Å². The summed E-state index contributed by atoms with van der Waals surface area (Å²) in [5.74, 6) is -0.00519. The van der Waals surface area contributed by atoms with Crippen LogP contribution in [0.4, 0.5) is 0 Å². The molecule has 9 heterocycles. The molecule has 0 bridgehead atoms. The van der Waals surface area contributed by atoms with Crippen LogP contribution in [0.5, 0.6) is 0 Å². The van der Waals surface area contributed by atoms with Gasteiger partial charge in [-0.1, -0.05) is 260 Å². The van der Waals surface area contributed by atoms with Crippen molar-refractivity contribution in [1.29, 1.82) is 0 Å². The van der Waals surface area contributed by atoms with Gasteiger partial charge in [0.1, 0.15) is 11.1 Å². The molecule has 105 heavy (non-hydrogen) atoms. The number of fused-ring (bicyclic) bond motifs is 28. The average Bonchev–Trinajstić information content (AvgIpc) is 1.52.